The molecular formula is C24H26ClN3O3U. The molecule has 0 saturated carbocycles. The molecule has 1 N–H and O–H groups in total. The van der Waals surface area contributed by atoms with Crippen LogP contribution in [0.15, 0.2) is 58.7 Å². The first kappa shape index (κ1) is 28.0. The summed E-state index contributed by atoms with van der Waals surface area (Å²) in [5.41, 5.74) is 2.42. The number of benzene rings is 1. The van der Waals surface area contributed by atoms with Gasteiger partial charge >= 0.3 is 37.1 Å². The monoisotopic (exact) mass is 677 g/mol. The van der Waals surface area contributed by atoms with Crippen molar-refractivity contribution in [2.75, 3.05) is 0 Å². The van der Waals surface area contributed by atoms with Crippen LogP contribution >= 0.6 is 11.6 Å². The van der Waals surface area contributed by atoms with Crippen LogP contribution in [0, 0.1) is 43.6 Å². The molecule has 166 valence electrons. The van der Waals surface area contributed by atoms with Crippen molar-refractivity contribution in [2.24, 2.45) is 0 Å². The first-order valence-corrected chi connectivity index (χ1v) is 10.2. The Labute approximate surface area is 217 Å². The molecule has 3 rings (SSSR count). The molecule has 0 radical (unpaired) electrons. The largest absolute Gasteiger partial charge is 2.00 e. The van der Waals surface area contributed by atoms with Gasteiger partial charge in [-0.3, -0.25) is 10.9 Å². The van der Waals surface area contributed by atoms with Crippen LogP contribution in [0.2, 0.25) is 0 Å². The quantitative estimate of drug-likeness (QED) is 0.224. The number of fused-ring (bicyclic) bond motifs is 1. The average molecular weight is 678 g/mol. The number of aryl methyl sites for hydroxylation is 1. The zero-order valence-corrected chi connectivity index (χ0v) is 23.4. The van der Waals surface area contributed by atoms with Gasteiger partial charge in [-0.25, -0.2) is 0 Å². The average Bonchev–Trinajstić information content (AvgIpc) is 3.40. The number of hydrogen-bond acceptors (Lipinski definition) is 4. The molecule has 0 aliphatic rings. The van der Waals surface area contributed by atoms with Gasteiger partial charge in [-0.15, -0.1) is 23.6 Å². The molecule has 6 nitrogen and oxygen atoms in total. The Morgan fingerprint density at radius 1 is 1.38 bits per heavy atom. The molecule has 0 fully saturated rings. The van der Waals surface area contributed by atoms with Gasteiger partial charge in [0.15, 0.2) is 0 Å². The van der Waals surface area contributed by atoms with Crippen LogP contribution in [0.1, 0.15) is 39.5 Å². The third-order valence-corrected chi connectivity index (χ3v) is 4.56. The maximum Gasteiger partial charge on any atom is 2.00 e. The smallest absolute Gasteiger partial charge is 0.481 e. The fraction of sp³-hybridized carbons (Fsp3) is 0.250. The van der Waals surface area contributed by atoms with Crippen molar-refractivity contribution in [2.45, 2.75) is 40.2 Å². The molecule has 0 atom stereocenters. The van der Waals surface area contributed by atoms with Crippen LogP contribution in [0.25, 0.3) is 27.9 Å². The van der Waals surface area contributed by atoms with E-state index in [0.717, 1.165) is 16.5 Å². The van der Waals surface area contributed by atoms with Crippen LogP contribution in [-0.2, 0) is 11.3 Å². The van der Waals surface area contributed by atoms with E-state index in [-0.39, 0.29) is 37.5 Å². The number of aromatic nitrogens is 3. The fourth-order valence-electron chi connectivity index (χ4n) is 2.88. The Kier molecular flexibility index (Phi) is 12.4. The SMILES string of the molecule is C=C/C(=C\C(Cl)=[C-]C)c1nc(-c2cccc3c2ccn3CCCC(=O)O)no1.C[CH-]C.[U+2]. The maximum atomic E-state index is 10.7. The van der Waals surface area contributed by atoms with Crippen molar-refractivity contribution in [3.05, 3.63) is 72.6 Å². The third-order valence-electron chi connectivity index (χ3n) is 4.26. The van der Waals surface area contributed by atoms with E-state index < -0.39 is 5.97 Å². The molecular weight excluding hydrogens is 652 g/mol. The van der Waals surface area contributed by atoms with Crippen molar-refractivity contribution < 1.29 is 45.5 Å². The molecule has 8 heteroatoms. The molecule has 0 amide bonds. The Morgan fingerprint density at radius 2 is 2.09 bits per heavy atom. The summed E-state index contributed by atoms with van der Waals surface area (Å²) in [5.74, 6) is -0.0216. The normalized spacial score (nSPS) is 11.5. The predicted octanol–water partition coefficient (Wildman–Crippen LogP) is 6.30. The number of carboxylic acid groups (broad SMARTS) is 1. The summed E-state index contributed by atoms with van der Waals surface area (Å²) in [7, 11) is 0. The third kappa shape index (κ3) is 7.51. The summed E-state index contributed by atoms with van der Waals surface area (Å²) in [5, 5.41) is 14.3. The second-order valence-electron chi connectivity index (χ2n) is 6.65. The Balaban J connectivity index is 0.00000121. The van der Waals surface area contributed by atoms with E-state index in [1.165, 1.54) is 0 Å². The number of rotatable bonds is 8. The van der Waals surface area contributed by atoms with Crippen LogP contribution in [-0.4, -0.2) is 25.8 Å². The zero-order chi connectivity index (χ0) is 22.8. The van der Waals surface area contributed by atoms with Gasteiger partial charge in [-0.2, -0.15) is 24.9 Å². The summed E-state index contributed by atoms with van der Waals surface area (Å²) in [6, 6.07) is 7.79. The number of aliphatic carboxylic acids is 1. The molecule has 3 aromatic rings. The van der Waals surface area contributed by atoms with Crippen molar-refractivity contribution in [1.82, 2.24) is 14.7 Å². The van der Waals surface area contributed by atoms with E-state index in [1.807, 2.05) is 55.3 Å². The van der Waals surface area contributed by atoms with Gasteiger partial charge in [0.1, 0.15) is 0 Å². The van der Waals surface area contributed by atoms with E-state index in [1.54, 1.807) is 19.1 Å². The number of hydrogen-bond donors (Lipinski definition) is 1. The molecule has 0 spiro atoms. The predicted molar refractivity (Wildman–Crippen MR) is 124 cm³/mol. The van der Waals surface area contributed by atoms with Crippen LogP contribution < -0.4 is 0 Å². The standard InChI is InChI=1S/C21H19ClN3O3.C3H7.U/c1-3-14(13-15(22)4-2)21-23-20(24-28-21)17-7-5-8-18-16(17)10-12-25(18)11-6-9-19(26)27;1-3-2;/h3,5,7-8,10,12-13H,1,6,9,11H2,2H3,(H,26,27);3H,1-2H3;/q2*-1;+2/b14-13+;;. The fourth-order valence-corrected chi connectivity index (χ4v) is 3.00. The minimum Gasteiger partial charge on any atom is -0.481 e. The summed E-state index contributed by atoms with van der Waals surface area (Å²) in [4.78, 5) is 15.2. The summed E-state index contributed by atoms with van der Waals surface area (Å²) in [6.07, 6.45) is 10.7. The van der Waals surface area contributed by atoms with Gasteiger partial charge in [0.25, 0.3) is 0 Å². The van der Waals surface area contributed by atoms with Gasteiger partial charge in [-0.05, 0) is 24.1 Å². The van der Waals surface area contributed by atoms with E-state index in [0.29, 0.717) is 35.3 Å². The van der Waals surface area contributed by atoms with Crippen molar-refractivity contribution in [1.29, 1.82) is 0 Å². The van der Waals surface area contributed by atoms with Gasteiger partial charge in [0, 0.05) is 35.6 Å². The van der Waals surface area contributed by atoms with Gasteiger partial charge in [0.2, 0.25) is 11.7 Å². The summed E-state index contributed by atoms with van der Waals surface area (Å²) >= 11 is 6.01. The molecule has 1 aromatic carbocycles. The second-order valence-corrected chi connectivity index (χ2v) is 7.05. The van der Waals surface area contributed by atoms with Gasteiger partial charge < -0.3 is 20.6 Å². The number of halogens is 1. The van der Waals surface area contributed by atoms with Crippen molar-refractivity contribution in [3.63, 3.8) is 0 Å². The maximum absolute atomic E-state index is 10.7. The molecule has 32 heavy (non-hydrogen) atoms. The minimum absolute atomic E-state index is 0. The Bertz CT molecular complexity index is 1100. The van der Waals surface area contributed by atoms with Crippen LogP contribution in [0.4, 0.5) is 0 Å². The van der Waals surface area contributed by atoms with Crippen LogP contribution in [0.5, 0.6) is 0 Å². The van der Waals surface area contributed by atoms with E-state index in [4.69, 9.17) is 21.2 Å². The molecule has 2 aromatic heterocycles. The van der Waals surface area contributed by atoms with E-state index in [9.17, 15) is 4.79 Å². The Hall–Kier alpha value is -2.07. The molecule has 0 unspecified atom stereocenters. The molecule has 2 heterocycles. The first-order valence-electron chi connectivity index (χ1n) is 9.87. The summed E-state index contributed by atoms with van der Waals surface area (Å²) < 4.78 is 7.42. The first-order chi connectivity index (χ1) is 14.9. The molecule has 0 saturated heterocycles. The number of carboxylic acids is 1. The number of allylic oxidation sites excluding steroid dienone is 5. The van der Waals surface area contributed by atoms with Crippen molar-refractivity contribution in [3.8, 4) is 11.4 Å². The van der Waals surface area contributed by atoms with Crippen molar-refractivity contribution >= 4 is 34.0 Å². The Morgan fingerprint density at radius 3 is 2.72 bits per heavy atom. The molecule has 0 bridgehead atoms. The van der Waals surface area contributed by atoms with Gasteiger partial charge in [-0.1, -0.05) is 29.9 Å². The zero-order valence-electron chi connectivity index (χ0n) is 18.4. The van der Waals surface area contributed by atoms with E-state index in [2.05, 4.69) is 22.8 Å². The topological polar surface area (TPSA) is 81.2 Å². The van der Waals surface area contributed by atoms with Gasteiger partial charge in [0.05, 0.1) is 0 Å². The second kappa shape index (κ2) is 14.2. The minimum atomic E-state index is -0.793. The number of nitrogens with zero attached hydrogens (tertiary/aromatic N) is 3. The molecule has 0 aliphatic heterocycles. The van der Waals surface area contributed by atoms with Crippen LogP contribution in [0.3, 0.4) is 0 Å². The number of carbonyl (C=O) groups is 1. The summed E-state index contributed by atoms with van der Waals surface area (Å²) in [6.45, 7) is 10.1. The van der Waals surface area contributed by atoms with E-state index >= 15 is 0 Å². The molecule has 0 aliphatic carbocycles.